The molecule has 326 valence electrons. The minimum atomic E-state index is -0.522. The van der Waals surface area contributed by atoms with Crippen molar-refractivity contribution in [2.24, 2.45) is 0 Å². The third-order valence-electron chi connectivity index (χ3n) is 9.38. The molecule has 0 aliphatic heterocycles. The predicted octanol–water partition coefficient (Wildman–Crippen LogP) is 10.6. The van der Waals surface area contributed by atoms with E-state index in [1.165, 1.54) is 72.8 Å². The van der Waals surface area contributed by atoms with Gasteiger partial charge >= 0.3 is 17.9 Å². The second kappa shape index (κ2) is 29.2. The van der Waals surface area contributed by atoms with Crippen LogP contribution in [0.25, 0.3) is 16.7 Å². The highest BCUT2D eigenvalue weighted by Crippen LogP contribution is 2.18. The topological polar surface area (TPSA) is 107 Å². The Bertz CT molecular complexity index is 1670. The van der Waals surface area contributed by atoms with E-state index in [1.807, 2.05) is 0 Å². The maximum absolute atomic E-state index is 13.2. The lowest BCUT2D eigenvalue weighted by Gasteiger charge is -2.19. The summed E-state index contributed by atoms with van der Waals surface area (Å²) in [6.45, 7) is 14.1. The fourth-order valence-electron chi connectivity index (χ4n) is 5.76. The van der Waals surface area contributed by atoms with Gasteiger partial charge in [0, 0.05) is 26.2 Å². The van der Waals surface area contributed by atoms with Crippen LogP contribution in [0.3, 0.4) is 0 Å². The second-order valence-electron chi connectivity index (χ2n) is 14.2. The molecule has 9 nitrogen and oxygen atoms in total. The first-order valence-electron chi connectivity index (χ1n) is 20.7. The first kappa shape index (κ1) is 49.3. The molecule has 0 aliphatic carbocycles. The van der Waals surface area contributed by atoms with Gasteiger partial charge in [-0.15, -0.1) is 0 Å². The van der Waals surface area contributed by atoms with Gasteiger partial charge in [0.15, 0.2) is 6.29 Å². The summed E-state index contributed by atoms with van der Waals surface area (Å²) < 4.78 is 73.5. The van der Waals surface area contributed by atoms with Crippen LogP contribution in [0.4, 0.5) is 13.2 Å². The van der Waals surface area contributed by atoms with Crippen molar-refractivity contribution >= 4 is 34.6 Å². The summed E-state index contributed by atoms with van der Waals surface area (Å²) in [5, 5.41) is 0. The van der Waals surface area contributed by atoms with Crippen LogP contribution in [-0.2, 0) is 42.8 Å². The largest absolute Gasteiger partial charge is 0.462 e. The molecule has 0 fully saturated rings. The van der Waals surface area contributed by atoms with Gasteiger partial charge in [-0.2, -0.15) is 0 Å². The zero-order valence-electron chi connectivity index (χ0n) is 34.6. The standard InChI is InChI=1S/C48H59F3O9/c1-36(39-16-22-42(49)23-17-39)46(52)58-32-13-5-4-10-29-55-35-28-45(56-30-11-6-8-14-33-59-47(53)37(2)40-18-24-43(50)25-19-40)57-31-12-7-9-15-34-60-48(54)38(3)41-20-26-44(51)27-21-41/h16-27,45H,1-15,28-35H2. The molecule has 3 aromatic rings. The van der Waals surface area contributed by atoms with Crippen LogP contribution in [0.1, 0.15) is 100 Å². The maximum Gasteiger partial charge on any atom is 0.338 e. The van der Waals surface area contributed by atoms with E-state index in [0.717, 1.165) is 57.8 Å². The van der Waals surface area contributed by atoms with E-state index in [0.29, 0.717) is 68.8 Å². The van der Waals surface area contributed by atoms with Crippen LogP contribution in [0.15, 0.2) is 92.5 Å². The molecule has 0 unspecified atom stereocenters. The molecular weight excluding hydrogens is 778 g/mol. The number of esters is 3. The fourth-order valence-corrected chi connectivity index (χ4v) is 5.76. The van der Waals surface area contributed by atoms with Gasteiger partial charge in [-0.05, 0) is 111 Å². The minimum Gasteiger partial charge on any atom is -0.462 e. The van der Waals surface area contributed by atoms with E-state index >= 15 is 0 Å². The number of halogens is 3. The lowest BCUT2D eigenvalue weighted by molar-refractivity contribution is -0.154. The Hall–Kier alpha value is -5.04. The van der Waals surface area contributed by atoms with Crippen molar-refractivity contribution in [3.63, 3.8) is 0 Å². The lowest BCUT2D eigenvalue weighted by Crippen LogP contribution is -2.21. The molecule has 3 aromatic carbocycles. The summed E-state index contributed by atoms with van der Waals surface area (Å²) in [6, 6.07) is 16.6. The maximum atomic E-state index is 13.2. The molecule has 0 atom stereocenters. The third kappa shape index (κ3) is 20.3. The van der Waals surface area contributed by atoms with Gasteiger partial charge in [0.25, 0.3) is 0 Å². The SMILES string of the molecule is C=C(C(=O)OCCCCCCOCCC(OCCCCCCOC(=O)C(=C)c1ccc(F)cc1)OCCCCCCOC(=O)C(=C)c1ccc(F)cc1)c1ccc(F)cc1. The van der Waals surface area contributed by atoms with Gasteiger partial charge in [0.05, 0.1) is 43.1 Å². The number of unbranched alkanes of at least 4 members (excludes halogenated alkanes) is 9. The number of benzene rings is 3. The number of hydrogen-bond acceptors (Lipinski definition) is 9. The van der Waals surface area contributed by atoms with Crippen LogP contribution in [0, 0.1) is 17.5 Å². The van der Waals surface area contributed by atoms with Crippen molar-refractivity contribution in [2.75, 3.05) is 46.2 Å². The molecule has 0 saturated heterocycles. The molecule has 0 saturated carbocycles. The number of ether oxygens (including phenoxy) is 6. The van der Waals surface area contributed by atoms with Crippen molar-refractivity contribution in [3.8, 4) is 0 Å². The Kier molecular flexibility index (Phi) is 24.0. The Morgan fingerprint density at radius 1 is 0.400 bits per heavy atom. The molecule has 60 heavy (non-hydrogen) atoms. The number of carbonyl (C=O) groups is 3. The summed E-state index contributed by atoms with van der Waals surface area (Å²) in [4.78, 5) is 36.8. The quantitative estimate of drug-likeness (QED) is 0.0200. The highest BCUT2D eigenvalue weighted by atomic mass is 19.1. The van der Waals surface area contributed by atoms with E-state index in [4.69, 9.17) is 28.4 Å². The summed E-state index contributed by atoms with van der Waals surface area (Å²) in [5.74, 6) is -2.72. The van der Waals surface area contributed by atoms with E-state index in [1.54, 1.807) is 0 Å². The molecule has 0 aromatic heterocycles. The van der Waals surface area contributed by atoms with Gasteiger partial charge in [-0.3, -0.25) is 0 Å². The Morgan fingerprint density at radius 3 is 1.00 bits per heavy atom. The zero-order chi connectivity index (χ0) is 43.4. The van der Waals surface area contributed by atoms with Crippen LogP contribution in [0.5, 0.6) is 0 Å². The average molecular weight is 837 g/mol. The van der Waals surface area contributed by atoms with Gasteiger partial charge < -0.3 is 28.4 Å². The van der Waals surface area contributed by atoms with Crippen molar-refractivity contribution in [1.29, 1.82) is 0 Å². The van der Waals surface area contributed by atoms with Gasteiger partial charge in [-0.25, -0.2) is 27.6 Å². The first-order chi connectivity index (χ1) is 29.0. The molecule has 3 rings (SSSR count). The van der Waals surface area contributed by atoms with Crippen molar-refractivity contribution < 1.29 is 56.0 Å². The summed E-state index contributed by atoms with van der Waals surface area (Å²) in [6.07, 6.45) is 9.93. The molecule has 0 spiro atoms. The molecule has 0 amide bonds. The van der Waals surface area contributed by atoms with Crippen molar-refractivity contribution in [2.45, 2.75) is 89.8 Å². The van der Waals surface area contributed by atoms with Crippen LogP contribution in [0.2, 0.25) is 0 Å². The minimum absolute atomic E-state index is 0.189. The molecule has 12 heteroatoms. The molecule has 0 aliphatic rings. The third-order valence-corrected chi connectivity index (χ3v) is 9.38. The van der Waals surface area contributed by atoms with E-state index in [2.05, 4.69) is 19.7 Å². The van der Waals surface area contributed by atoms with Gasteiger partial charge in [0.1, 0.15) is 17.5 Å². The smallest absolute Gasteiger partial charge is 0.338 e. The predicted molar refractivity (Wildman–Crippen MR) is 226 cm³/mol. The Labute approximate surface area is 352 Å². The summed E-state index contributed by atoms with van der Waals surface area (Å²) in [7, 11) is 0. The molecule has 0 heterocycles. The summed E-state index contributed by atoms with van der Waals surface area (Å²) in [5.41, 5.74) is 2.14. The zero-order valence-corrected chi connectivity index (χ0v) is 34.6. The lowest BCUT2D eigenvalue weighted by atomic mass is 10.1. The monoisotopic (exact) mass is 836 g/mol. The highest BCUT2D eigenvalue weighted by Gasteiger charge is 2.14. The molecule has 0 bridgehead atoms. The Balaban J connectivity index is 1.26. The molecule has 0 N–H and O–H groups in total. The van der Waals surface area contributed by atoms with Crippen molar-refractivity contribution in [1.82, 2.24) is 0 Å². The number of hydrogen-bond donors (Lipinski definition) is 0. The summed E-state index contributed by atoms with van der Waals surface area (Å²) >= 11 is 0. The first-order valence-corrected chi connectivity index (χ1v) is 20.7. The van der Waals surface area contributed by atoms with E-state index < -0.39 is 24.2 Å². The number of carbonyl (C=O) groups excluding carboxylic acids is 3. The van der Waals surface area contributed by atoms with Crippen LogP contribution >= 0.6 is 0 Å². The molecule has 0 radical (unpaired) electrons. The van der Waals surface area contributed by atoms with E-state index in [9.17, 15) is 27.6 Å². The van der Waals surface area contributed by atoms with Crippen molar-refractivity contribution in [3.05, 3.63) is 127 Å². The van der Waals surface area contributed by atoms with Gasteiger partial charge in [-0.1, -0.05) is 75.4 Å². The average Bonchev–Trinajstić information content (AvgIpc) is 3.25. The van der Waals surface area contributed by atoms with E-state index in [-0.39, 0.29) is 54.0 Å². The fraction of sp³-hybridized carbons (Fsp3) is 0.438. The Morgan fingerprint density at radius 2 is 0.683 bits per heavy atom. The van der Waals surface area contributed by atoms with Crippen LogP contribution < -0.4 is 0 Å². The normalized spacial score (nSPS) is 11.0. The highest BCUT2D eigenvalue weighted by molar-refractivity contribution is 6.16. The molecular formula is C48H59F3O9. The number of rotatable bonds is 32. The van der Waals surface area contributed by atoms with Gasteiger partial charge in [0.2, 0.25) is 0 Å². The second-order valence-corrected chi connectivity index (χ2v) is 14.2. The van der Waals surface area contributed by atoms with Crippen LogP contribution in [-0.4, -0.2) is 70.4 Å².